The number of halogens is 1. The standard InChI is InChI=1S/C18H18ClN3O2/c1-12-15(19)10-21-17(24-2)16(12)18(23)22-8-4-6-14(11-22)13-5-3-7-20-9-13/h3,5-7,9-10H,4,8,11H2,1-2H3. The second-order valence-electron chi connectivity index (χ2n) is 5.60. The zero-order valence-corrected chi connectivity index (χ0v) is 14.4. The van der Waals surface area contributed by atoms with E-state index in [1.54, 1.807) is 11.1 Å². The first-order valence-electron chi connectivity index (χ1n) is 7.69. The highest BCUT2D eigenvalue weighted by Crippen LogP contribution is 2.29. The van der Waals surface area contributed by atoms with Crippen LogP contribution in [0.3, 0.4) is 0 Å². The van der Waals surface area contributed by atoms with Crippen molar-refractivity contribution in [3.8, 4) is 5.88 Å². The summed E-state index contributed by atoms with van der Waals surface area (Å²) < 4.78 is 5.26. The van der Waals surface area contributed by atoms with E-state index >= 15 is 0 Å². The number of nitrogens with zero attached hydrogens (tertiary/aromatic N) is 3. The van der Waals surface area contributed by atoms with Gasteiger partial charge in [-0.15, -0.1) is 0 Å². The molecule has 0 unspecified atom stereocenters. The molecule has 0 aliphatic carbocycles. The fraction of sp³-hybridized carbons (Fsp3) is 0.278. The predicted molar refractivity (Wildman–Crippen MR) is 93.3 cm³/mol. The van der Waals surface area contributed by atoms with Gasteiger partial charge < -0.3 is 9.64 Å². The first-order valence-corrected chi connectivity index (χ1v) is 8.07. The van der Waals surface area contributed by atoms with Crippen LogP contribution in [0.5, 0.6) is 5.88 Å². The third kappa shape index (κ3) is 3.12. The van der Waals surface area contributed by atoms with Gasteiger partial charge in [0.2, 0.25) is 5.88 Å². The molecule has 3 heterocycles. The number of pyridine rings is 2. The van der Waals surface area contributed by atoms with Crippen molar-refractivity contribution >= 4 is 23.1 Å². The lowest BCUT2D eigenvalue weighted by Gasteiger charge is -2.28. The maximum atomic E-state index is 13.0. The van der Waals surface area contributed by atoms with Gasteiger partial charge in [0.25, 0.3) is 5.91 Å². The molecule has 1 aliphatic heterocycles. The number of ether oxygens (including phenoxy) is 1. The van der Waals surface area contributed by atoms with Gasteiger partial charge in [0.15, 0.2) is 0 Å². The summed E-state index contributed by atoms with van der Waals surface area (Å²) in [7, 11) is 1.50. The normalized spacial score (nSPS) is 14.3. The van der Waals surface area contributed by atoms with E-state index in [1.165, 1.54) is 13.3 Å². The minimum Gasteiger partial charge on any atom is -0.480 e. The van der Waals surface area contributed by atoms with E-state index in [9.17, 15) is 4.79 Å². The highest BCUT2D eigenvalue weighted by atomic mass is 35.5. The maximum Gasteiger partial charge on any atom is 0.259 e. The van der Waals surface area contributed by atoms with Crippen LogP contribution in [0.1, 0.15) is 27.9 Å². The van der Waals surface area contributed by atoms with E-state index in [2.05, 4.69) is 16.0 Å². The molecule has 2 aromatic rings. The van der Waals surface area contributed by atoms with Crippen LogP contribution >= 0.6 is 11.6 Å². The van der Waals surface area contributed by atoms with E-state index in [0.29, 0.717) is 35.1 Å². The molecule has 6 heteroatoms. The number of methoxy groups -OCH3 is 1. The van der Waals surface area contributed by atoms with Gasteiger partial charge in [-0.1, -0.05) is 23.7 Å². The van der Waals surface area contributed by atoms with Crippen molar-refractivity contribution < 1.29 is 9.53 Å². The maximum absolute atomic E-state index is 13.0. The SMILES string of the molecule is COc1ncc(Cl)c(C)c1C(=O)N1CCC=C(c2cccnc2)C1. The largest absolute Gasteiger partial charge is 0.480 e. The van der Waals surface area contributed by atoms with Crippen LogP contribution in [0.4, 0.5) is 0 Å². The Morgan fingerprint density at radius 2 is 2.21 bits per heavy atom. The zero-order chi connectivity index (χ0) is 17.1. The molecule has 3 rings (SSSR count). The molecule has 0 N–H and O–H groups in total. The summed E-state index contributed by atoms with van der Waals surface area (Å²) in [5, 5.41) is 0.458. The van der Waals surface area contributed by atoms with E-state index < -0.39 is 0 Å². The van der Waals surface area contributed by atoms with Gasteiger partial charge in [-0.3, -0.25) is 9.78 Å². The molecule has 1 aliphatic rings. The molecule has 0 spiro atoms. The molecule has 1 amide bonds. The number of rotatable bonds is 3. The van der Waals surface area contributed by atoms with Crippen LogP contribution in [-0.2, 0) is 0 Å². The Morgan fingerprint density at radius 1 is 1.38 bits per heavy atom. The number of hydrogen-bond acceptors (Lipinski definition) is 4. The zero-order valence-electron chi connectivity index (χ0n) is 13.6. The fourth-order valence-electron chi connectivity index (χ4n) is 2.80. The minimum atomic E-state index is -0.117. The van der Waals surface area contributed by atoms with Crippen molar-refractivity contribution in [1.82, 2.24) is 14.9 Å². The summed E-state index contributed by atoms with van der Waals surface area (Å²) >= 11 is 6.14. The Labute approximate surface area is 145 Å². The molecule has 0 fully saturated rings. The number of aromatic nitrogens is 2. The summed E-state index contributed by atoms with van der Waals surface area (Å²) in [5.41, 5.74) is 3.24. The van der Waals surface area contributed by atoms with Crippen molar-refractivity contribution in [2.75, 3.05) is 20.2 Å². The number of amides is 1. The summed E-state index contributed by atoms with van der Waals surface area (Å²) in [4.78, 5) is 23.1. The quantitative estimate of drug-likeness (QED) is 0.857. The van der Waals surface area contributed by atoms with E-state index in [1.807, 2.05) is 25.3 Å². The van der Waals surface area contributed by atoms with Crippen molar-refractivity contribution in [1.29, 1.82) is 0 Å². The molecule has 0 saturated carbocycles. The number of carbonyl (C=O) groups excluding carboxylic acids is 1. The number of hydrogen-bond donors (Lipinski definition) is 0. The Hall–Kier alpha value is -2.40. The van der Waals surface area contributed by atoms with Gasteiger partial charge in [0, 0.05) is 31.7 Å². The van der Waals surface area contributed by atoms with E-state index in [0.717, 1.165) is 17.6 Å². The van der Waals surface area contributed by atoms with Gasteiger partial charge in [-0.2, -0.15) is 0 Å². The van der Waals surface area contributed by atoms with Gasteiger partial charge in [-0.05, 0) is 36.1 Å². The Balaban J connectivity index is 1.90. The molecule has 24 heavy (non-hydrogen) atoms. The van der Waals surface area contributed by atoms with Gasteiger partial charge in [-0.25, -0.2) is 4.98 Å². The Kier molecular flexibility index (Phi) is 4.81. The van der Waals surface area contributed by atoms with Gasteiger partial charge >= 0.3 is 0 Å². The van der Waals surface area contributed by atoms with Crippen LogP contribution in [-0.4, -0.2) is 41.0 Å². The molecule has 0 radical (unpaired) electrons. The molecular weight excluding hydrogens is 326 g/mol. The molecule has 124 valence electrons. The van der Waals surface area contributed by atoms with E-state index in [-0.39, 0.29) is 5.91 Å². The smallest absolute Gasteiger partial charge is 0.259 e. The summed E-state index contributed by atoms with van der Waals surface area (Å²) in [6.07, 6.45) is 8.00. The molecule has 0 saturated heterocycles. The van der Waals surface area contributed by atoms with Crippen LogP contribution in [0.15, 0.2) is 36.8 Å². The van der Waals surface area contributed by atoms with Gasteiger partial charge in [0.1, 0.15) is 5.56 Å². The predicted octanol–water partition coefficient (Wildman–Crippen LogP) is 3.38. The molecular formula is C18H18ClN3O2. The highest BCUT2D eigenvalue weighted by Gasteiger charge is 2.26. The molecule has 2 aromatic heterocycles. The number of carbonyl (C=O) groups is 1. The second kappa shape index (κ2) is 7.01. The Morgan fingerprint density at radius 3 is 2.92 bits per heavy atom. The first-order chi connectivity index (χ1) is 11.6. The average molecular weight is 344 g/mol. The average Bonchev–Trinajstić information content (AvgIpc) is 2.64. The van der Waals surface area contributed by atoms with Crippen LogP contribution < -0.4 is 4.74 Å². The molecule has 0 aromatic carbocycles. The molecule has 5 nitrogen and oxygen atoms in total. The summed E-state index contributed by atoms with van der Waals surface area (Å²) in [5.74, 6) is 0.188. The van der Waals surface area contributed by atoms with Crippen LogP contribution in [0, 0.1) is 6.92 Å². The third-order valence-electron chi connectivity index (χ3n) is 4.12. The topological polar surface area (TPSA) is 55.3 Å². The highest BCUT2D eigenvalue weighted by molar-refractivity contribution is 6.31. The Bertz CT molecular complexity index is 790. The summed E-state index contributed by atoms with van der Waals surface area (Å²) in [6, 6.07) is 3.89. The van der Waals surface area contributed by atoms with Crippen molar-refractivity contribution in [2.24, 2.45) is 0 Å². The summed E-state index contributed by atoms with van der Waals surface area (Å²) in [6.45, 7) is 2.99. The third-order valence-corrected chi connectivity index (χ3v) is 4.50. The fourth-order valence-corrected chi connectivity index (χ4v) is 2.94. The van der Waals surface area contributed by atoms with Crippen molar-refractivity contribution in [2.45, 2.75) is 13.3 Å². The van der Waals surface area contributed by atoms with E-state index in [4.69, 9.17) is 16.3 Å². The molecule has 0 bridgehead atoms. The molecule has 0 atom stereocenters. The lowest BCUT2D eigenvalue weighted by atomic mass is 10.0. The van der Waals surface area contributed by atoms with Gasteiger partial charge in [0.05, 0.1) is 12.1 Å². The first kappa shape index (κ1) is 16.5. The second-order valence-corrected chi connectivity index (χ2v) is 6.01. The lowest BCUT2D eigenvalue weighted by molar-refractivity contribution is 0.0770. The lowest BCUT2D eigenvalue weighted by Crippen LogP contribution is -2.36. The minimum absolute atomic E-state index is 0.117. The van der Waals surface area contributed by atoms with Crippen molar-refractivity contribution in [3.05, 3.63) is 58.5 Å². The van der Waals surface area contributed by atoms with Crippen LogP contribution in [0.25, 0.3) is 5.57 Å². The van der Waals surface area contributed by atoms with Crippen molar-refractivity contribution in [3.63, 3.8) is 0 Å². The monoisotopic (exact) mass is 343 g/mol. The van der Waals surface area contributed by atoms with Crippen LogP contribution in [0.2, 0.25) is 5.02 Å².